The number of hydrogen-bond acceptors (Lipinski definition) is 4. The second-order valence-corrected chi connectivity index (χ2v) is 9.77. The molecule has 1 saturated heterocycles. The van der Waals surface area contributed by atoms with Crippen LogP contribution in [0.2, 0.25) is 0 Å². The molecule has 2 rings (SSSR count). The number of nitrogens with zero attached hydrogens (tertiary/aromatic N) is 1. The fourth-order valence-electron chi connectivity index (χ4n) is 3.23. The molecule has 0 spiro atoms. The first-order valence-corrected chi connectivity index (χ1v) is 11.2. The predicted octanol–water partition coefficient (Wildman–Crippen LogP) is 1.84. The molecule has 0 radical (unpaired) electrons. The van der Waals surface area contributed by atoms with Crippen LogP contribution in [0.15, 0.2) is 0 Å². The Balaban J connectivity index is 1.66. The van der Waals surface area contributed by atoms with Gasteiger partial charge in [-0.2, -0.15) is 11.8 Å². The summed E-state index contributed by atoms with van der Waals surface area (Å²) in [4.78, 5) is 12.2. The molecule has 1 heterocycles. The Bertz CT molecular complexity index is 461. The molecule has 0 aromatic heterocycles. The topological polar surface area (TPSA) is 66.5 Å². The van der Waals surface area contributed by atoms with E-state index in [2.05, 4.69) is 5.32 Å². The number of amides is 1. The maximum Gasteiger partial charge on any atom is 0.224 e. The highest BCUT2D eigenvalue weighted by molar-refractivity contribution is 7.99. The summed E-state index contributed by atoms with van der Waals surface area (Å²) in [7, 11) is -3.18. The largest absolute Gasteiger partial charge is 0.355 e. The second kappa shape index (κ2) is 8.55. The number of piperidine rings is 1. The fraction of sp³-hybridized carbons (Fsp3) is 0.933. The highest BCUT2D eigenvalue weighted by atomic mass is 32.2. The van der Waals surface area contributed by atoms with Crippen molar-refractivity contribution < 1.29 is 13.2 Å². The zero-order chi connectivity index (χ0) is 16.0. The first-order chi connectivity index (χ1) is 10.5. The number of rotatable bonds is 6. The van der Waals surface area contributed by atoms with Gasteiger partial charge in [-0.25, -0.2) is 12.7 Å². The molecule has 1 saturated carbocycles. The van der Waals surface area contributed by atoms with E-state index in [1.807, 2.05) is 11.8 Å². The van der Waals surface area contributed by atoms with E-state index >= 15 is 0 Å². The van der Waals surface area contributed by atoms with E-state index in [0.717, 1.165) is 23.8 Å². The van der Waals surface area contributed by atoms with Crippen LogP contribution < -0.4 is 5.32 Å². The van der Waals surface area contributed by atoms with Gasteiger partial charge in [0, 0.05) is 30.6 Å². The lowest BCUT2D eigenvalue weighted by atomic mass is 9.99. The number of thioether (sulfide) groups is 1. The third-order valence-corrected chi connectivity index (χ3v) is 7.18. The van der Waals surface area contributed by atoms with Gasteiger partial charge >= 0.3 is 0 Å². The molecular formula is C15H28N2O3S2. The number of sulfonamides is 1. The average molecular weight is 349 g/mol. The van der Waals surface area contributed by atoms with Crippen molar-refractivity contribution in [2.24, 2.45) is 5.92 Å². The minimum absolute atomic E-state index is 0.0117. The Kier molecular flexibility index (Phi) is 7.02. The molecule has 0 unspecified atom stereocenters. The second-order valence-electron chi connectivity index (χ2n) is 6.38. The van der Waals surface area contributed by atoms with Crippen molar-refractivity contribution in [3.05, 3.63) is 0 Å². The summed E-state index contributed by atoms with van der Waals surface area (Å²) in [6, 6.07) is 0. The molecule has 5 nitrogen and oxygen atoms in total. The molecular weight excluding hydrogens is 320 g/mol. The highest BCUT2D eigenvalue weighted by Gasteiger charge is 2.29. The van der Waals surface area contributed by atoms with Crippen molar-refractivity contribution in [2.75, 3.05) is 31.6 Å². The quantitative estimate of drug-likeness (QED) is 0.744. The number of hydrogen-bond donors (Lipinski definition) is 1. The molecule has 128 valence electrons. The monoisotopic (exact) mass is 348 g/mol. The van der Waals surface area contributed by atoms with Gasteiger partial charge in [0.15, 0.2) is 0 Å². The van der Waals surface area contributed by atoms with Crippen molar-refractivity contribution in [3.63, 3.8) is 0 Å². The first kappa shape index (κ1) is 18.1. The van der Waals surface area contributed by atoms with Gasteiger partial charge in [0.05, 0.1) is 12.2 Å². The molecule has 22 heavy (non-hydrogen) atoms. The highest BCUT2D eigenvalue weighted by Crippen LogP contribution is 2.27. The minimum atomic E-state index is -3.18. The molecule has 2 aliphatic rings. The van der Waals surface area contributed by atoms with Gasteiger partial charge in [-0.15, -0.1) is 0 Å². The van der Waals surface area contributed by atoms with Gasteiger partial charge in [-0.05, 0) is 25.7 Å². The zero-order valence-corrected chi connectivity index (χ0v) is 15.1. The van der Waals surface area contributed by atoms with Gasteiger partial charge in [-0.3, -0.25) is 4.79 Å². The van der Waals surface area contributed by atoms with Crippen molar-refractivity contribution in [3.8, 4) is 0 Å². The molecule has 1 atom stereocenters. The number of carbonyl (C=O) groups excluding carboxylic acids is 1. The summed E-state index contributed by atoms with van der Waals surface area (Å²) in [5, 5.41) is 3.75. The molecule has 1 aliphatic carbocycles. The van der Waals surface area contributed by atoms with E-state index in [-0.39, 0.29) is 11.8 Å². The average Bonchev–Trinajstić information content (AvgIpc) is 2.52. The van der Waals surface area contributed by atoms with Crippen LogP contribution in [0, 0.1) is 5.92 Å². The van der Waals surface area contributed by atoms with Crippen LogP contribution >= 0.6 is 11.8 Å². The summed E-state index contributed by atoms with van der Waals surface area (Å²) in [5.74, 6) is 0.777. The molecule has 0 aromatic rings. The van der Waals surface area contributed by atoms with Crippen LogP contribution in [0.4, 0.5) is 0 Å². The van der Waals surface area contributed by atoms with Crippen molar-refractivity contribution in [1.82, 2.24) is 9.62 Å². The number of nitrogens with one attached hydrogen (secondary N) is 1. The van der Waals surface area contributed by atoms with E-state index in [9.17, 15) is 13.2 Å². The maximum atomic E-state index is 12.2. The molecule has 0 bridgehead atoms. The Hall–Kier alpha value is -0.270. The third-order valence-electron chi connectivity index (χ3n) is 4.53. The Morgan fingerprint density at radius 2 is 1.91 bits per heavy atom. The van der Waals surface area contributed by atoms with Gasteiger partial charge in [0.1, 0.15) is 0 Å². The van der Waals surface area contributed by atoms with Crippen molar-refractivity contribution >= 4 is 27.7 Å². The lowest BCUT2D eigenvalue weighted by molar-refractivity contribution is -0.125. The summed E-state index contributed by atoms with van der Waals surface area (Å²) >= 11 is 1.97. The molecule has 1 aliphatic heterocycles. The normalized spacial score (nSPS) is 25.0. The summed E-state index contributed by atoms with van der Waals surface area (Å²) in [6.45, 7) is 1.57. The summed E-state index contributed by atoms with van der Waals surface area (Å²) in [5.41, 5.74) is 0. The van der Waals surface area contributed by atoms with Gasteiger partial charge in [-0.1, -0.05) is 19.3 Å². The van der Waals surface area contributed by atoms with E-state index < -0.39 is 10.0 Å². The Labute approximate surface area is 138 Å². The van der Waals surface area contributed by atoms with Gasteiger partial charge < -0.3 is 5.32 Å². The Morgan fingerprint density at radius 3 is 2.59 bits per heavy atom. The summed E-state index contributed by atoms with van der Waals surface area (Å²) < 4.78 is 24.6. The third kappa shape index (κ3) is 5.74. The van der Waals surface area contributed by atoms with E-state index in [0.29, 0.717) is 19.6 Å². The van der Waals surface area contributed by atoms with E-state index in [4.69, 9.17) is 0 Å². The van der Waals surface area contributed by atoms with Crippen LogP contribution in [0.5, 0.6) is 0 Å². The molecule has 0 aromatic carbocycles. The first-order valence-electron chi connectivity index (χ1n) is 8.31. The number of carbonyl (C=O) groups is 1. The molecule has 2 fully saturated rings. The lowest BCUT2D eigenvalue weighted by Crippen LogP contribution is -2.45. The van der Waals surface area contributed by atoms with E-state index in [1.54, 1.807) is 0 Å². The molecule has 1 N–H and O–H groups in total. The van der Waals surface area contributed by atoms with Crippen LogP contribution in [-0.2, 0) is 14.8 Å². The van der Waals surface area contributed by atoms with Gasteiger partial charge in [0.2, 0.25) is 15.9 Å². The lowest BCUT2D eigenvalue weighted by Gasteiger charge is -2.30. The maximum absolute atomic E-state index is 12.2. The van der Waals surface area contributed by atoms with Crippen LogP contribution in [-0.4, -0.2) is 55.5 Å². The zero-order valence-electron chi connectivity index (χ0n) is 13.4. The van der Waals surface area contributed by atoms with Crippen molar-refractivity contribution in [1.29, 1.82) is 0 Å². The van der Waals surface area contributed by atoms with Gasteiger partial charge in [0.25, 0.3) is 0 Å². The SMILES string of the molecule is CS(=O)(=O)N1CCC[C@H](C(=O)NCCSC2CCCCC2)C1. The Morgan fingerprint density at radius 1 is 1.18 bits per heavy atom. The predicted molar refractivity (Wildman–Crippen MR) is 91.5 cm³/mol. The fourth-order valence-corrected chi connectivity index (χ4v) is 5.36. The van der Waals surface area contributed by atoms with Crippen LogP contribution in [0.3, 0.4) is 0 Å². The van der Waals surface area contributed by atoms with Crippen LogP contribution in [0.1, 0.15) is 44.9 Å². The standard InChI is InChI=1S/C15H28N2O3S2/c1-22(19,20)17-10-5-6-13(12-17)15(18)16-9-11-21-14-7-3-2-4-8-14/h13-14H,2-12H2,1H3,(H,16,18)/t13-/m0/s1. The van der Waals surface area contributed by atoms with E-state index in [1.165, 1.54) is 42.7 Å². The smallest absolute Gasteiger partial charge is 0.224 e. The van der Waals surface area contributed by atoms with Crippen molar-refractivity contribution in [2.45, 2.75) is 50.2 Å². The van der Waals surface area contributed by atoms with Crippen LogP contribution in [0.25, 0.3) is 0 Å². The summed E-state index contributed by atoms with van der Waals surface area (Å²) in [6.07, 6.45) is 9.44. The molecule has 7 heteroatoms. The molecule has 1 amide bonds. The minimum Gasteiger partial charge on any atom is -0.355 e.